The number of hydrogen-bond acceptors (Lipinski definition) is 4. The Hall–Kier alpha value is -0.723. The third-order valence-corrected chi connectivity index (χ3v) is 8.55. The van der Waals surface area contributed by atoms with Gasteiger partial charge in [0.2, 0.25) is 0 Å². The molecule has 1 aromatic rings. The Labute approximate surface area is 114 Å². The number of aromatic nitrogens is 1. The molecule has 0 aliphatic heterocycles. The molecule has 18 heavy (non-hydrogen) atoms. The molecule has 0 unspecified atom stereocenters. The van der Waals surface area contributed by atoms with Gasteiger partial charge in [-0.2, -0.15) is 0 Å². The van der Waals surface area contributed by atoms with Crippen LogP contribution in [-0.2, 0) is 9.22 Å². The van der Waals surface area contributed by atoms with Crippen molar-refractivity contribution in [2.45, 2.75) is 51.9 Å². The lowest BCUT2D eigenvalue weighted by molar-refractivity contribution is -0.122. The molecule has 6 heteroatoms. The van der Waals surface area contributed by atoms with E-state index in [0.29, 0.717) is 5.13 Å². The molecule has 1 amide bonds. The summed E-state index contributed by atoms with van der Waals surface area (Å²) < 4.78 is 6.02. The summed E-state index contributed by atoms with van der Waals surface area (Å²) in [6, 6.07) is 0. The molecule has 1 N–H and O–H groups in total. The number of nitrogens with zero attached hydrogens (tertiary/aromatic N) is 1. The Morgan fingerprint density at radius 1 is 1.50 bits per heavy atom. The number of anilines is 1. The van der Waals surface area contributed by atoms with Crippen LogP contribution in [0.2, 0.25) is 18.1 Å². The van der Waals surface area contributed by atoms with Crippen molar-refractivity contribution in [3.8, 4) is 0 Å². The van der Waals surface area contributed by atoms with Gasteiger partial charge in [0.15, 0.2) is 13.4 Å². The Morgan fingerprint density at radius 3 is 2.56 bits per heavy atom. The van der Waals surface area contributed by atoms with Crippen molar-refractivity contribution >= 4 is 30.7 Å². The molecule has 0 saturated heterocycles. The molecule has 4 nitrogen and oxygen atoms in total. The maximum absolute atomic E-state index is 12.0. The van der Waals surface area contributed by atoms with Crippen LogP contribution in [0.1, 0.15) is 27.7 Å². The average Bonchev–Trinajstić information content (AvgIpc) is 2.67. The Morgan fingerprint density at radius 2 is 2.11 bits per heavy atom. The molecule has 1 atom stereocenters. The zero-order valence-electron chi connectivity index (χ0n) is 11.9. The first-order chi connectivity index (χ1) is 8.13. The van der Waals surface area contributed by atoms with E-state index in [9.17, 15) is 4.79 Å². The lowest BCUT2D eigenvalue weighted by Gasteiger charge is -2.37. The molecule has 102 valence electrons. The number of carbonyl (C=O) groups excluding carboxylic acids is 1. The van der Waals surface area contributed by atoms with Crippen LogP contribution >= 0.6 is 11.3 Å². The number of hydrogen-bond donors (Lipinski definition) is 1. The minimum absolute atomic E-state index is 0.0999. The van der Waals surface area contributed by atoms with E-state index in [1.54, 1.807) is 13.1 Å². The molecular weight excluding hydrogens is 264 g/mol. The second-order valence-corrected chi connectivity index (χ2v) is 11.5. The SMILES string of the molecule is C[C@H](O[Si](C)(C)C(C)(C)C)C(=O)Nc1nccs1. The Kier molecular flexibility index (Phi) is 4.69. The van der Waals surface area contributed by atoms with Crippen LogP contribution in [0.5, 0.6) is 0 Å². The van der Waals surface area contributed by atoms with Crippen LogP contribution in [0.4, 0.5) is 5.13 Å². The molecule has 0 aliphatic rings. The first kappa shape index (κ1) is 15.3. The molecule has 0 fully saturated rings. The summed E-state index contributed by atoms with van der Waals surface area (Å²) in [5.74, 6) is -0.130. The monoisotopic (exact) mass is 286 g/mol. The number of thiazole rings is 1. The average molecular weight is 286 g/mol. The van der Waals surface area contributed by atoms with Gasteiger partial charge >= 0.3 is 0 Å². The third kappa shape index (κ3) is 3.89. The maximum atomic E-state index is 12.0. The quantitative estimate of drug-likeness (QED) is 0.862. The molecule has 0 saturated carbocycles. The van der Waals surface area contributed by atoms with Crippen LogP contribution in [0.3, 0.4) is 0 Å². The molecule has 0 aromatic carbocycles. The third-order valence-electron chi connectivity index (χ3n) is 3.31. The van der Waals surface area contributed by atoms with E-state index in [1.807, 2.05) is 5.38 Å². The fourth-order valence-electron chi connectivity index (χ4n) is 1.16. The summed E-state index contributed by atoms with van der Waals surface area (Å²) in [6.45, 7) is 12.5. The molecule has 0 radical (unpaired) electrons. The molecular formula is C12H22N2O2SSi. The minimum atomic E-state index is -1.91. The number of nitrogens with one attached hydrogen (secondary N) is 1. The van der Waals surface area contributed by atoms with Gasteiger partial charge in [0.1, 0.15) is 6.10 Å². The van der Waals surface area contributed by atoms with Crippen molar-refractivity contribution in [3.05, 3.63) is 11.6 Å². The van der Waals surface area contributed by atoms with Gasteiger partial charge < -0.3 is 4.43 Å². The zero-order chi connectivity index (χ0) is 14.0. The fraction of sp³-hybridized carbons (Fsp3) is 0.667. The normalized spacial score (nSPS) is 14.3. The summed E-state index contributed by atoms with van der Waals surface area (Å²) in [6.07, 6.45) is 1.22. The highest BCUT2D eigenvalue weighted by Gasteiger charge is 2.39. The fourth-order valence-corrected chi connectivity index (χ4v) is 3.04. The van der Waals surface area contributed by atoms with Crippen molar-refractivity contribution in [2.75, 3.05) is 5.32 Å². The predicted octanol–water partition coefficient (Wildman–Crippen LogP) is 3.49. The van der Waals surface area contributed by atoms with Gasteiger partial charge in [0, 0.05) is 11.6 Å². The van der Waals surface area contributed by atoms with Crippen molar-refractivity contribution in [2.24, 2.45) is 0 Å². The number of amides is 1. The number of rotatable bonds is 4. The summed E-state index contributed by atoms with van der Waals surface area (Å²) in [4.78, 5) is 16.0. The number of carbonyl (C=O) groups is 1. The molecule has 0 bridgehead atoms. The van der Waals surface area contributed by atoms with E-state index >= 15 is 0 Å². The molecule has 0 spiro atoms. The van der Waals surface area contributed by atoms with Crippen LogP contribution < -0.4 is 5.32 Å². The summed E-state index contributed by atoms with van der Waals surface area (Å²) in [7, 11) is -1.91. The maximum Gasteiger partial charge on any atom is 0.253 e. The first-order valence-electron chi connectivity index (χ1n) is 6.01. The first-order valence-corrected chi connectivity index (χ1v) is 9.80. The van der Waals surface area contributed by atoms with Crippen LogP contribution in [0, 0.1) is 0 Å². The van der Waals surface area contributed by atoms with Crippen molar-refractivity contribution in [1.82, 2.24) is 4.98 Å². The van der Waals surface area contributed by atoms with E-state index in [1.165, 1.54) is 11.3 Å². The highest BCUT2D eigenvalue weighted by molar-refractivity contribution is 7.13. The van der Waals surface area contributed by atoms with Gasteiger partial charge in [0.05, 0.1) is 0 Å². The summed E-state index contributed by atoms with van der Waals surface area (Å²) in [5.41, 5.74) is 0. The molecule has 1 rings (SSSR count). The van der Waals surface area contributed by atoms with Gasteiger partial charge in [0.25, 0.3) is 5.91 Å². The lowest BCUT2D eigenvalue weighted by Crippen LogP contribution is -2.46. The Balaban J connectivity index is 2.60. The lowest BCUT2D eigenvalue weighted by atomic mass is 10.2. The van der Waals surface area contributed by atoms with Crippen molar-refractivity contribution in [3.63, 3.8) is 0 Å². The van der Waals surface area contributed by atoms with Crippen molar-refractivity contribution in [1.29, 1.82) is 0 Å². The van der Waals surface area contributed by atoms with E-state index in [4.69, 9.17) is 4.43 Å². The molecule has 0 aliphatic carbocycles. The van der Waals surface area contributed by atoms with E-state index in [-0.39, 0.29) is 10.9 Å². The zero-order valence-corrected chi connectivity index (χ0v) is 13.7. The Bertz CT molecular complexity index is 399. The predicted molar refractivity (Wildman–Crippen MR) is 78.5 cm³/mol. The summed E-state index contributed by atoms with van der Waals surface area (Å²) in [5, 5.41) is 5.31. The van der Waals surface area contributed by atoms with Crippen LogP contribution in [0.25, 0.3) is 0 Å². The van der Waals surface area contributed by atoms with Gasteiger partial charge in [-0.3, -0.25) is 10.1 Å². The van der Waals surface area contributed by atoms with Gasteiger partial charge in [-0.25, -0.2) is 4.98 Å². The van der Waals surface area contributed by atoms with Crippen molar-refractivity contribution < 1.29 is 9.22 Å². The van der Waals surface area contributed by atoms with Crippen LogP contribution in [0.15, 0.2) is 11.6 Å². The van der Waals surface area contributed by atoms with Crippen LogP contribution in [-0.4, -0.2) is 25.3 Å². The van der Waals surface area contributed by atoms with Gasteiger partial charge in [-0.05, 0) is 25.1 Å². The topological polar surface area (TPSA) is 51.2 Å². The largest absolute Gasteiger partial charge is 0.405 e. The van der Waals surface area contributed by atoms with E-state index in [0.717, 1.165) is 0 Å². The van der Waals surface area contributed by atoms with E-state index in [2.05, 4.69) is 44.2 Å². The molecule has 1 aromatic heterocycles. The highest BCUT2D eigenvalue weighted by atomic mass is 32.1. The van der Waals surface area contributed by atoms with Gasteiger partial charge in [-0.1, -0.05) is 20.8 Å². The van der Waals surface area contributed by atoms with Gasteiger partial charge in [-0.15, -0.1) is 11.3 Å². The second-order valence-electron chi connectivity index (χ2n) is 5.85. The smallest absolute Gasteiger partial charge is 0.253 e. The highest BCUT2D eigenvalue weighted by Crippen LogP contribution is 2.37. The molecule has 1 heterocycles. The standard InChI is InChI=1S/C12H22N2O2SSi/c1-9(16-18(5,6)12(2,3)4)10(15)14-11-13-7-8-17-11/h7-9H,1-6H3,(H,13,14,15)/t9-/m0/s1. The second kappa shape index (κ2) is 5.50. The summed E-state index contributed by atoms with van der Waals surface area (Å²) >= 11 is 1.40. The van der Waals surface area contributed by atoms with E-state index < -0.39 is 14.4 Å². The minimum Gasteiger partial charge on any atom is -0.405 e.